The maximum Gasteiger partial charge on any atom is 0.332 e. The Hall–Kier alpha value is -0.300. The first-order chi connectivity index (χ1) is 7.22. The van der Waals surface area contributed by atoms with E-state index < -0.39 is 6.04 Å². The van der Waals surface area contributed by atoms with E-state index in [0.717, 1.165) is 0 Å². The summed E-state index contributed by atoms with van der Waals surface area (Å²) < 4.78 is 4.59. The van der Waals surface area contributed by atoms with Crippen LogP contribution in [0.5, 0.6) is 0 Å². The van der Waals surface area contributed by atoms with Gasteiger partial charge in [0.05, 0.1) is 0 Å². The van der Waals surface area contributed by atoms with Gasteiger partial charge in [-0.1, -0.05) is 6.42 Å². The zero-order chi connectivity index (χ0) is 10.8. The molecule has 0 bridgehead atoms. The highest BCUT2D eigenvalue weighted by atomic mass is 127. The fourth-order valence-electron chi connectivity index (χ4n) is 2.53. The fraction of sp³-hybridized carbons (Fsp3) is 0.700. The number of fused-ring (bicyclic) bond motifs is 1. The largest absolute Gasteiger partial charge is 0.393 e. The van der Waals surface area contributed by atoms with Crippen molar-refractivity contribution >= 4 is 29.0 Å². The molecule has 3 atom stereocenters. The van der Waals surface area contributed by atoms with Crippen LogP contribution in [0.25, 0.3) is 0 Å². The van der Waals surface area contributed by atoms with Gasteiger partial charge in [-0.3, -0.25) is 0 Å². The summed E-state index contributed by atoms with van der Waals surface area (Å²) >= 11 is 1.58. The van der Waals surface area contributed by atoms with Crippen molar-refractivity contribution in [3.8, 4) is 0 Å². The molecule has 0 spiro atoms. The summed E-state index contributed by atoms with van der Waals surface area (Å²) in [5, 5.41) is 3.36. The standard InChI is InChI=1S/C10H15IN2O2/c11-15-10(14)8(12)4-6-5-13-9-3-1-2-7(6)9/h5,7-9,13H,1-4,12H2. The Kier molecular flexibility index (Phi) is 3.50. The topological polar surface area (TPSA) is 64.3 Å². The average Bonchev–Trinajstić information content (AvgIpc) is 2.81. The van der Waals surface area contributed by atoms with Gasteiger partial charge in [0.25, 0.3) is 0 Å². The fourth-order valence-corrected chi connectivity index (χ4v) is 2.86. The van der Waals surface area contributed by atoms with Crippen molar-refractivity contribution in [3.63, 3.8) is 0 Å². The Balaban J connectivity index is 1.92. The molecule has 1 saturated carbocycles. The Labute approximate surface area is 103 Å². The van der Waals surface area contributed by atoms with Gasteiger partial charge in [-0.15, -0.1) is 0 Å². The number of hydrogen-bond donors (Lipinski definition) is 2. The van der Waals surface area contributed by atoms with Crippen molar-refractivity contribution in [2.75, 3.05) is 0 Å². The van der Waals surface area contributed by atoms with Crippen LogP contribution in [0.3, 0.4) is 0 Å². The van der Waals surface area contributed by atoms with Crippen LogP contribution in [-0.2, 0) is 7.86 Å². The molecule has 0 radical (unpaired) electrons. The van der Waals surface area contributed by atoms with Crippen LogP contribution >= 0.6 is 23.0 Å². The highest BCUT2D eigenvalue weighted by Gasteiger charge is 2.34. The van der Waals surface area contributed by atoms with E-state index in [1.165, 1.54) is 24.8 Å². The Morgan fingerprint density at radius 3 is 3.27 bits per heavy atom. The van der Waals surface area contributed by atoms with Crippen LogP contribution < -0.4 is 11.1 Å². The van der Waals surface area contributed by atoms with E-state index in [1.54, 1.807) is 23.0 Å². The van der Waals surface area contributed by atoms with Gasteiger partial charge in [-0.25, -0.2) is 4.79 Å². The first-order valence-electron chi connectivity index (χ1n) is 5.25. The molecule has 5 heteroatoms. The first-order valence-corrected chi connectivity index (χ1v) is 6.13. The van der Waals surface area contributed by atoms with Crippen molar-refractivity contribution in [1.82, 2.24) is 5.32 Å². The molecule has 1 fully saturated rings. The lowest BCUT2D eigenvalue weighted by Gasteiger charge is -2.15. The third kappa shape index (κ3) is 2.28. The highest BCUT2D eigenvalue weighted by molar-refractivity contribution is 14.1. The minimum absolute atomic E-state index is 0.335. The van der Waals surface area contributed by atoms with Gasteiger partial charge in [-0.2, -0.15) is 0 Å². The SMILES string of the molecule is NC(CC1=CNC2CCCC12)C(=O)OI. The van der Waals surface area contributed by atoms with Crippen LogP contribution in [0.4, 0.5) is 0 Å². The first kappa shape index (κ1) is 11.2. The lowest BCUT2D eigenvalue weighted by Crippen LogP contribution is -2.32. The molecule has 2 rings (SSSR count). The van der Waals surface area contributed by atoms with E-state index in [1.807, 2.05) is 6.20 Å². The van der Waals surface area contributed by atoms with Crippen molar-refractivity contribution in [2.24, 2.45) is 11.7 Å². The summed E-state index contributed by atoms with van der Waals surface area (Å²) in [6.07, 6.45) is 6.38. The highest BCUT2D eigenvalue weighted by Crippen LogP contribution is 2.37. The second-order valence-electron chi connectivity index (χ2n) is 4.24. The van der Waals surface area contributed by atoms with E-state index in [4.69, 9.17) is 5.73 Å². The molecule has 15 heavy (non-hydrogen) atoms. The molecular formula is C10H15IN2O2. The predicted octanol–water partition coefficient (Wildman–Crippen LogP) is 1.25. The lowest BCUT2D eigenvalue weighted by molar-refractivity contribution is -0.132. The minimum atomic E-state index is -0.519. The zero-order valence-electron chi connectivity index (χ0n) is 8.41. The molecule has 2 aliphatic rings. The molecule has 1 heterocycles. The van der Waals surface area contributed by atoms with E-state index >= 15 is 0 Å². The number of rotatable bonds is 3. The smallest absolute Gasteiger partial charge is 0.332 e. The van der Waals surface area contributed by atoms with Crippen LogP contribution in [-0.4, -0.2) is 18.1 Å². The van der Waals surface area contributed by atoms with Gasteiger partial charge >= 0.3 is 5.97 Å². The zero-order valence-corrected chi connectivity index (χ0v) is 10.6. The molecular weight excluding hydrogens is 307 g/mol. The number of halogens is 1. The van der Waals surface area contributed by atoms with E-state index in [-0.39, 0.29) is 5.97 Å². The maximum atomic E-state index is 11.2. The van der Waals surface area contributed by atoms with E-state index in [9.17, 15) is 4.79 Å². The average molecular weight is 322 g/mol. The number of nitrogens with one attached hydrogen (secondary N) is 1. The third-order valence-corrected chi connectivity index (χ3v) is 3.74. The molecule has 3 unspecified atom stereocenters. The predicted molar refractivity (Wildman–Crippen MR) is 65.1 cm³/mol. The van der Waals surface area contributed by atoms with Crippen molar-refractivity contribution < 1.29 is 7.86 Å². The molecule has 0 amide bonds. The summed E-state index contributed by atoms with van der Waals surface area (Å²) in [7, 11) is 0. The molecule has 0 aromatic rings. The molecule has 4 nitrogen and oxygen atoms in total. The summed E-state index contributed by atoms with van der Waals surface area (Å²) in [5.41, 5.74) is 7.03. The second kappa shape index (κ2) is 4.69. The van der Waals surface area contributed by atoms with Gasteiger partial charge in [-0.05, 0) is 31.0 Å². The number of hydrogen-bond acceptors (Lipinski definition) is 4. The third-order valence-electron chi connectivity index (χ3n) is 3.31. The van der Waals surface area contributed by atoms with Gasteiger partial charge < -0.3 is 14.1 Å². The van der Waals surface area contributed by atoms with Crippen LogP contribution in [0.2, 0.25) is 0 Å². The van der Waals surface area contributed by atoms with Crippen molar-refractivity contribution in [1.29, 1.82) is 0 Å². The Morgan fingerprint density at radius 1 is 1.73 bits per heavy atom. The molecule has 0 saturated heterocycles. The Bertz CT molecular complexity index is 293. The van der Waals surface area contributed by atoms with E-state index in [2.05, 4.69) is 8.38 Å². The molecule has 1 aliphatic heterocycles. The summed E-state index contributed by atoms with van der Waals surface area (Å²) in [6, 6.07) is 0.0668. The van der Waals surface area contributed by atoms with E-state index in [0.29, 0.717) is 18.4 Å². The molecule has 3 N–H and O–H groups in total. The van der Waals surface area contributed by atoms with Gasteiger partial charge in [0.2, 0.25) is 0 Å². The number of carbonyl (C=O) groups excluding carboxylic acids is 1. The van der Waals surface area contributed by atoms with Crippen LogP contribution in [0.15, 0.2) is 11.8 Å². The molecule has 84 valence electrons. The Morgan fingerprint density at radius 2 is 2.53 bits per heavy atom. The summed E-state index contributed by atoms with van der Waals surface area (Å²) in [6.45, 7) is 0. The number of nitrogens with two attached hydrogens (primary N) is 1. The van der Waals surface area contributed by atoms with Gasteiger partial charge in [0.15, 0.2) is 23.0 Å². The minimum Gasteiger partial charge on any atom is -0.393 e. The van der Waals surface area contributed by atoms with Gasteiger partial charge in [0, 0.05) is 12.0 Å². The normalized spacial score (nSPS) is 30.4. The second-order valence-corrected chi connectivity index (χ2v) is 4.68. The molecule has 0 aromatic carbocycles. The molecule has 1 aliphatic carbocycles. The number of carbonyl (C=O) groups is 1. The van der Waals surface area contributed by atoms with Gasteiger partial charge in [0.1, 0.15) is 6.04 Å². The monoisotopic (exact) mass is 322 g/mol. The summed E-state index contributed by atoms with van der Waals surface area (Å²) in [5.74, 6) is 0.260. The van der Waals surface area contributed by atoms with Crippen molar-refractivity contribution in [2.45, 2.75) is 37.8 Å². The van der Waals surface area contributed by atoms with Crippen LogP contribution in [0, 0.1) is 5.92 Å². The molecule has 0 aromatic heterocycles. The van der Waals surface area contributed by atoms with Crippen LogP contribution in [0.1, 0.15) is 25.7 Å². The van der Waals surface area contributed by atoms with Crippen molar-refractivity contribution in [3.05, 3.63) is 11.8 Å². The quantitative estimate of drug-likeness (QED) is 0.768. The lowest BCUT2D eigenvalue weighted by atomic mass is 9.93. The maximum absolute atomic E-state index is 11.2. The summed E-state index contributed by atoms with van der Waals surface area (Å²) in [4.78, 5) is 11.2.